The minimum atomic E-state index is -0.954. The minimum Gasteiger partial charge on any atom is -0.478 e. The normalized spacial score (nSPS) is 8.50. The molecule has 0 bridgehead atoms. The van der Waals surface area contributed by atoms with Crippen molar-refractivity contribution >= 4 is 17.9 Å². The quantitative estimate of drug-likeness (QED) is 0.207. The van der Waals surface area contributed by atoms with Crippen molar-refractivity contribution in [1.29, 1.82) is 0 Å². The molecule has 0 rings (SSSR count). The van der Waals surface area contributed by atoms with Gasteiger partial charge in [0.15, 0.2) is 0 Å². The van der Waals surface area contributed by atoms with Gasteiger partial charge in [-0.15, -0.1) is 0 Å². The molecule has 30 heavy (non-hydrogen) atoms. The summed E-state index contributed by atoms with van der Waals surface area (Å²) in [6, 6.07) is 0. The van der Waals surface area contributed by atoms with Gasteiger partial charge in [0, 0.05) is 16.7 Å². The van der Waals surface area contributed by atoms with Crippen LogP contribution in [-0.2, 0) is 14.4 Å². The van der Waals surface area contributed by atoms with E-state index < -0.39 is 30.1 Å². The van der Waals surface area contributed by atoms with Crippen molar-refractivity contribution in [2.24, 2.45) is 0 Å². The first-order valence-electron chi connectivity index (χ1n) is 8.01. The molecule has 0 aliphatic carbocycles. The molecule has 0 aliphatic heterocycles. The number of aliphatic hydroxyl groups is 6. The first-order chi connectivity index (χ1) is 13.5. The fraction of sp³-hybridized carbons (Fsp3) is 0.500. The van der Waals surface area contributed by atoms with E-state index >= 15 is 0 Å². The number of rotatable bonds is 7. The Labute approximate surface area is 175 Å². The molecule has 0 unspecified atom stereocenters. The molecule has 0 saturated carbocycles. The summed E-state index contributed by atoms with van der Waals surface area (Å²) in [5.41, 5.74) is 0.528. The first-order valence-corrected chi connectivity index (χ1v) is 8.01. The van der Waals surface area contributed by atoms with Gasteiger partial charge in [0.2, 0.25) is 0 Å². The highest BCUT2D eigenvalue weighted by Gasteiger charge is 1.94. The van der Waals surface area contributed by atoms with Gasteiger partial charge in [0.05, 0.1) is 26.4 Å². The maximum atomic E-state index is 9.60. The number of carbonyl (C=O) groups is 3. The van der Waals surface area contributed by atoms with Crippen LogP contribution in [0.3, 0.4) is 0 Å². The third-order valence-electron chi connectivity index (χ3n) is 1.94. The monoisotopic (exact) mass is 442 g/mol. The molecule has 0 heterocycles. The molecule has 0 aromatic heterocycles. The van der Waals surface area contributed by atoms with Crippen molar-refractivity contribution in [2.75, 3.05) is 26.4 Å². The zero-order chi connectivity index (χ0) is 25.4. The van der Waals surface area contributed by atoms with E-state index in [-0.39, 0.29) is 43.1 Å². The van der Waals surface area contributed by atoms with E-state index in [1.807, 2.05) is 0 Å². The van der Waals surface area contributed by atoms with Crippen LogP contribution in [0.25, 0.3) is 0 Å². The highest BCUT2D eigenvalue weighted by molar-refractivity contribution is 5.85. The summed E-state index contributed by atoms with van der Waals surface area (Å²) in [7, 11) is 0. The minimum absolute atomic E-state index is 0.176. The van der Waals surface area contributed by atoms with Crippen LogP contribution in [0.15, 0.2) is 36.5 Å². The average molecular weight is 442 g/mol. The van der Waals surface area contributed by atoms with Crippen molar-refractivity contribution < 1.29 is 60.3 Å². The third-order valence-corrected chi connectivity index (χ3v) is 1.94. The SMILES string of the molecule is C=C(C)C(=O)O.C=C(C)C(=O)O.C=C(C)C(=O)O.OCC(O)CO.OCC(O)CO. The van der Waals surface area contributed by atoms with Crippen molar-refractivity contribution in [1.82, 2.24) is 0 Å². The molecule has 9 N–H and O–H groups in total. The molecule has 12 nitrogen and oxygen atoms in total. The Balaban J connectivity index is -0.0000000868. The predicted octanol–water partition coefficient (Wildman–Crippen LogP) is -1.39. The fourth-order valence-electron chi connectivity index (χ4n) is 0.115. The highest BCUT2D eigenvalue weighted by atomic mass is 16.4. The van der Waals surface area contributed by atoms with Gasteiger partial charge in [-0.25, -0.2) is 14.4 Å². The zero-order valence-corrected chi connectivity index (χ0v) is 17.4. The number of aliphatic hydroxyl groups excluding tert-OH is 6. The summed E-state index contributed by atoms with van der Waals surface area (Å²) >= 11 is 0. The van der Waals surface area contributed by atoms with Crippen molar-refractivity contribution in [3.8, 4) is 0 Å². The molecule has 12 heteroatoms. The fourth-order valence-corrected chi connectivity index (χ4v) is 0.115. The van der Waals surface area contributed by atoms with Crippen LogP contribution in [0.5, 0.6) is 0 Å². The van der Waals surface area contributed by atoms with Crippen LogP contribution in [0.1, 0.15) is 20.8 Å². The number of carboxylic acid groups (broad SMARTS) is 3. The number of hydrogen-bond acceptors (Lipinski definition) is 9. The van der Waals surface area contributed by atoms with Gasteiger partial charge in [-0.2, -0.15) is 0 Å². The molecule has 0 fully saturated rings. The molecule has 0 aromatic rings. The van der Waals surface area contributed by atoms with Gasteiger partial charge in [0.25, 0.3) is 0 Å². The number of aliphatic carboxylic acids is 3. The van der Waals surface area contributed by atoms with Crippen LogP contribution in [0.2, 0.25) is 0 Å². The van der Waals surface area contributed by atoms with E-state index in [4.69, 9.17) is 46.0 Å². The molecular weight excluding hydrogens is 408 g/mol. The molecule has 0 radical (unpaired) electrons. The van der Waals surface area contributed by atoms with Crippen LogP contribution in [-0.4, -0.2) is 103 Å². The van der Waals surface area contributed by atoms with Gasteiger partial charge >= 0.3 is 17.9 Å². The lowest BCUT2D eigenvalue weighted by molar-refractivity contribution is -0.133. The molecule has 0 saturated heterocycles. The average Bonchev–Trinajstić information content (AvgIpc) is 2.68. The van der Waals surface area contributed by atoms with Gasteiger partial charge in [-0.1, -0.05) is 19.7 Å². The van der Waals surface area contributed by atoms with Crippen molar-refractivity contribution in [2.45, 2.75) is 33.0 Å². The van der Waals surface area contributed by atoms with E-state index in [9.17, 15) is 14.4 Å². The molecular formula is C18H34O12. The van der Waals surface area contributed by atoms with E-state index in [0.717, 1.165) is 0 Å². The zero-order valence-electron chi connectivity index (χ0n) is 17.4. The maximum Gasteiger partial charge on any atom is 0.330 e. The second kappa shape index (κ2) is 26.4. The van der Waals surface area contributed by atoms with Gasteiger partial charge in [-0.3, -0.25) is 0 Å². The molecule has 0 aliphatic rings. The van der Waals surface area contributed by atoms with E-state index in [1.165, 1.54) is 20.8 Å². The van der Waals surface area contributed by atoms with Crippen LogP contribution >= 0.6 is 0 Å². The summed E-state index contributed by atoms with van der Waals surface area (Å²) in [6.07, 6.45) is -1.91. The third kappa shape index (κ3) is 49.9. The molecule has 0 spiro atoms. The van der Waals surface area contributed by atoms with Crippen LogP contribution < -0.4 is 0 Å². The van der Waals surface area contributed by atoms with Crippen LogP contribution in [0, 0.1) is 0 Å². The van der Waals surface area contributed by atoms with E-state index in [1.54, 1.807) is 0 Å². The van der Waals surface area contributed by atoms with Crippen molar-refractivity contribution in [3.63, 3.8) is 0 Å². The Morgan fingerprint density at radius 3 is 0.667 bits per heavy atom. The second-order valence-corrected chi connectivity index (χ2v) is 5.29. The summed E-state index contributed by atoms with van der Waals surface area (Å²) in [4.78, 5) is 28.8. The maximum absolute atomic E-state index is 9.60. The lowest BCUT2D eigenvalue weighted by atomic mass is 10.4. The highest BCUT2D eigenvalue weighted by Crippen LogP contribution is 1.82. The smallest absolute Gasteiger partial charge is 0.330 e. The van der Waals surface area contributed by atoms with Crippen LogP contribution in [0.4, 0.5) is 0 Å². The lowest BCUT2D eigenvalue weighted by Gasteiger charge is -1.96. The van der Waals surface area contributed by atoms with E-state index in [0.29, 0.717) is 0 Å². The number of hydrogen-bond donors (Lipinski definition) is 9. The Morgan fingerprint density at radius 2 is 0.667 bits per heavy atom. The summed E-state index contributed by atoms with van der Waals surface area (Å²) in [6.45, 7) is 12.3. The first kappa shape index (κ1) is 38.1. The second-order valence-electron chi connectivity index (χ2n) is 5.29. The van der Waals surface area contributed by atoms with E-state index in [2.05, 4.69) is 19.7 Å². The Kier molecular flexibility index (Phi) is 33.5. The predicted molar refractivity (Wildman–Crippen MR) is 108 cm³/mol. The molecule has 0 amide bonds. The van der Waals surface area contributed by atoms with Gasteiger partial charge in [0.1, 0.15) is 12.2 Å². The Morgan fingerprint density at radius 1 is 0.567 bits per heavy atom. The van der Waals surface area contributed by atoms with Gasteiger partial charge < -0.3 is 46.0 Å². The van der Waals surface area contributed by atoms with Crippen molar-refractivity contribution in [3.05, 3.63) is 36.5 Å². The summed E-state index contributed by atoms with van der Waals surface area (Å²) < 4.78 is 0. The van der Waals surface area contributed by atoms with Gasteiger partial charge in [-0.05, 0) is 20.8 Å². The lowest BCUT2D eigenvalue weighted by Crippen LogP contribution is -2.15. The molecule has 0 atom stereocenters. The number of carboxylic acids is 3. The standard InChI is InChI=1S/3C4H6O2.2C3H8O3/c3*1-3(2)4(5)6;2*4-1-3(6)2-5/h3*1H2,2H3,(H,5,6);2*3-6H,1-2H2. The molecule has 178 valence electrons. The topological polar surface area (TPSA) is 233 Å². The Bertz CT molecular complexity index is 402. The molecule has 0 aromatic carbocycles. The summed E-state index contributed by atoms with van der Waals surface area (Å²) in [5, 5.41) is 71.7. The Hall–Kier alpha value is -2.61. The largest absolute Gasteiger partial charge is 0.478 e. The summed E-state index contributed by atoms with van der Waals surface area (Å²) in [5.74, 6) is -2.81.